The molecule has 2 aliphatic rings. The molecule has 136 valence electrons. The molecule has 6 heteroatoms. The number of aromatic nitrogens is 1. The van der Waals surface area contributed by atoms with Crippen LogP contribution in [0.3, 0.4) is 0 Å². The first-order valence-corrected chi connectivity index (χ1v) is 10.3. The molecule has 0 atom stereocenters. The standard InChI is InChI=1S/C20H25N5S/c21-13-17-3-6-20(22-14-17)25-11-9-24(10-12-25)16-19-5-4-18(26-19)15-23-7-1-2-8-23/h3-6,14H,1-2,7-12,15-16H2. The SMILES string of the molecule is N#Cc1ccc(N2CCN(Cc3ccc(CN4CCCC4)s3)CC2)nc1. The minimum absolute atomic E-state index is 0.620. The first-order valence-electron chi connectivity index (χ1n) is 9.43. The van der Waals surface area contributed by atoms with Gasteiger partial charge in [0.1, 0.15) is 11.9 Å². The van der Waals surface area contributed by atoms with E-state index in [9.17, 15) is 0 Å². The molecule has 4 rings (SSSR count). The predicted octanol–water partition coefficient (Wildman–Crippen LogP) is 2.93. The van der Waals surface area contributed by atoms with Crippen molar-refractivity contribution in [3.8, 4) is 6.07 Å². The van der Waals surface area contributed by atoms with Crippen LogP contribution in [0.5, 0.6) is 0 Å². The van der Waals surface area contributed by atoms with Crippen LogP contribution in [0.4, 0.5) is 5.82 Å². The third-order valence-electron chi connectivity index (χ3n) is 5.25. The summed E-state index contributed by atoms with van der Waals surface area (Å²) in [6, 6.07) is 10.6. The summed E-state index contributed by atoms with van der Waals surface area (Å²) in [6.45, 7) is 8.80. The quantitative estimate of drug-likeness (QED) is 0.813. The Morgan fingerprint density at radius 3 is 2.12 bits per heavy atom. The summed E-state index contributed by atoms with van der Waals surface area (Å²) in [6.07, 6.45) is 4.38. The van der Waals surface area contributed by atoms with Crippen LogP contribution in [-0.4, -0.2) is 54.1 Å². The molecule has 2 saturated heterocycles. The van der Waals surface area contributed by atoms with Crippen molar-refractivity contribution >= 4 is 17.2 Å². The fourth-order valence-electron chi connectivity index (χ4n) is 3.75. The fourth-order valence-corrected chi connectivity index (χ4v) is 4.85. The van der Waals surface area contributed by atoms with Crippen molar-refractivity contribution in [1.82, 2.24) is 14.8 Å². The Bertz CT molecular complexity index is 749. The second kappa shape index (κ2) is 8.17. The molecule has 2 aliphatic heterocycles. The second-order valence-electron chi connectivity index (χ2n) is 7.13. The summed E-state index contributed by atoms with van der Waals surface area (Å²) < 4.78 is 0. The van der Waals surface area contributed by atoms with Gasteiger partial charge in [-0.15, -0.1) is 11.3 Å². The lowest BCUT2D eigenvalue weighted by molar-refractivity contribution is 0.251. The Kier molecular flexibility index (Phi) is 5.49. The van der Waals surface area contributed by atoms with Gasteiger partial charge in [0.05, 0.1) is 5.56 Å². The van der Waals surface area contributed by atoms with Gasteiger partial charge in [-0.1, -0.05) is 0 Å². The van der Waals surface area contributed by atoms with Gasteiger partial charge in [-0.05, 0) is 50.2 Å². The van der Waals surface area contributed by atoms with Gasteiger partial charge in [-0.3, -0.25) is 9.80 Å². The van der Waals surface area contributed by atoms with Crippen molar-refractivity contribution in [3.63, 3.8) is 0 Å². The van der Waals surface area contributed by atoms with E-state index >= 15 is 0 Å². The van der Waals surface area contributed by atoms with E-state index in [1.54, 1.807) is 6.20 Å². The van der Waals surface area contributed by atoms with Crippen LogP contribution in [0.2, 0.25) is 0 Å². The molecule has 0 N–H and O–H groups in total. The normalized spacial score (nSPS) is 19.0. The van der Waals surface area contributed by atoms with E-state index in [4.69, 9.17) is 5.26 Å². The molecule has 0 unspecified atom stereocenters. The van der Waals surface area contributed by atoms with Crippen LogP contribution in [0, 0.1) is 11.3 Å². The lowest BCUT2D eigenvalue weighted by Gasteiger charge is -2.35. The zero-order valence-corrected chi connectivity index (χ0v) is 15.9. The zero-order valence-electron chi connectivity index (χ0n) is 15.1. The first kappa shape index (κ1) is 17.5. The van der Waals surface area contributed by atoms with Crippen molar-refractivity contribution < 1.29 is 0 Å². The summed E-state index contributed by atoms with van der Waals surface area (Å²) >= 11 is 1.97. The van der Waals surface area contributed by atoms with Gasteiger partial charge in [0.25, 0.3) is 0 Å². The Balaban J connectivity index is 1.27. The van der Waals surface area contributed by atoms with E-state index in [2.05, 4.69) is 37.9 Å². The van der Waals surface area contributed by atoms with Gasteiger partial charge in [0, 0.05) is 55.2 Å². The lowest BCUT2D eigenvalue weighted by atomic mass is 10.2. The van der Waals surface area contributed by atoms with E-state index in [0.717, 1.165) is 45.1 Å². The Hall–Kier alpha value is -1.94. The third kappa shape index (κ3) is 4.24. The average Bonchev–Trinajstić information content (AvgIpc) is 3.35. The van der Waals surface area contributed by atoms with E-state index in [-0.39, 0.29) is 0 Å². The third-order valence-corrected chi connectivity index (χ3v) is 6.30. The van der Waals surface area contributed by atoms with Crippen molar-refractivity contribution in [2.45, 2.75) is 25.9 Å². The van der Waals surface area contributed by atoms with Gasteiger partial charge in [0.15, 0.2) is 0 Å². The monoisotopic (exact) mass is 367 g/mol. The van der Waals surface area contributed by atoms with E-state index in [1.807, 2.05) is 23.5 Å². The maximum Gasteiger partial charge on any atom is 0.128 e. The molecule has 0 aliphatic carbocycles. The van der Waals surface area contributed by atoms with Crippen LogP contribution in [0.15, 0.2) is 30.5 Å². The van der Waals surface area contributed by atoms with Crippen LogP contribution in [-0.2, 0) is 13.1 Å². The van der Waals surface area contributed by atoms with E-state index in [1.165, 1.54) is 35.7 Å². The molecular formula is C20H25N5S. The molecule has 4 heterocycles. The van der Waals surface area contributed by atoms with Crippen LogP contribution >= 0.6 is 11.3 Å². The van der Waals surface area contributed by atoms with Crippen LogP contribution in [0.25, 0.3) is 0 Å². The summed E-state index contributed by atoms with van der Waals surface area (Å²) in [5, 5.41) is 8.88. The topological polar surface area (TPSA) is 46.4 Å². The number of rotatable bonds is 5. The highest BCUT2D eigenvalue weighted by Gasteiger charge is 2.19. The van der Waals surface area contributed by atoms with Crippen LogP contribution < -0.4 is 4.90 Å². The highest BCUT2D eigenvalue weighted by atomic mass is 32.1. The molecule has 0 saturated carbocycles. The number of pyridine rings is 1. The highest BCUT2D eigenvalue weighted by molar-refractivity contribution is 7.11. The molecule has 26 heavy (non-hydrogen) atoms. The minimum atomic E-state index is 0.620. The van der Waals surface area contributed by atoms with Crippen molar-refractivity contribution in [2.75, 3.05) is 44.2 Å². The van der Waals surface area contributed by atoms with Gasteiger partial charge in [0.2, 0.25) is 0 Å². The number of likely N-dealkylation sites (tertiary alicyclic amines) is 1. The second-order valence-corrected chi connectivity index (χ2v) is 8.38. The summed E-state index contributed by atoms with van der Waals surface area (Å²) in [4.78, 5) is 14.8. The van der Waals surface area contributed by atoms with Gasteiger partial charge in [-0.2, -0.15) is 5.26 Å². The molecule has 5 nitrogen and oxygen atoms in total. The molecular weight excluding hydrogens is 342 g/mol. The highest BCUT2D eigenvalue weighted by Crippen LogP contribution is 2.23. The van der Waals surface area contributed by atoms with Gasteiger partial charge in [-0.25, -0.2) is 4.98 Å². The molecule has 0 bridgehead atoms. The van der Waals surface area contributed by atoms with Crippen LogP contribution in [0.1, 0.15) is 28.2 Å². The van der Waals surface area contributed by atoms with E-state index in [0.29, 0.717) is 5.56 Å². The number of anilines is 1. The number of nitriles is 1. The predicted molar refractivity (Wildman–Crippen MR) is 105 cm³/mol. The average molecular weight is 368 g/mol. The van der Waals surface area contributed by atoms with Gasteiger partial charge < -0.3 is 4.90 Å². The zero-order chi connectivity index (χ0) is 17.8. The maximum atomic E-state index is 8.88. The Morgan fingerprint density at radius 1 is 0.885 bits per heavy atom. The first-order chi connectivity index (χ1) is 12.8. The molecule has 0 aromatic carbocycles. The molecule has 2 aromatic heterocycles. The molecule has 2 fully saturated rings. The Morgan fingerprint density at radius 2 is 1.54 bits per heavy atom. The number of piperazine rings is 1. The molecule has 0 amide bonds. The fraction of sp³-hybridized carbons (Fsp3) is 0.500. The number of hydrogen-bond acceptors (Lipinski definition) is 6. The molecule has 0 spiro atoms. The molecule has 0 radical (unpaired) electrons. The molecule has 2 aromatic rings. The number of thiophene rings is 1. The van der Waals surface area contributed by atoms with Gasteiger partial charge >= 0.3 is 0 Å². The maximum absolute atomic E-state index is 8.88. The minimum Gasteiger partial charge on any atom is -0.354 e. The summed E-state index contributed by atoms with van der Waals surface area (Å²) in [7, 11) is 0. The summed E-state index contributed by atoms with van der Waals surface area (Å²) in [5.41, 5.74) is 0.620. The smallest absolute Gasteiger partial charge is 0.128 e. The van der Waals surface area contributed by atoms with Crippen molar-refractivity contribution in [1.29, 1.82) is 5.26 Å². The van der Waals surface area contributed by atoms with Crippen molar-refractivity contribution in [2.24, 2.45) is 0 Å². The number of nitrogens with zero attached hydrogens (tertiary/aromatic N) is 5. The lowest BCUT2D eigenvalue weighted by Crippen LogP contribution is -2.46. The van der Waals surface area contributed by atoms with Crippen molar-refractivity contribution in [3.05, 3.63) is 45.8 Å². The number of hydrogen-bond donors (Lipinski definition) is 0. The summed E-state index contributed by atoms with van der Waals surface area (Å²) in [5.74, 6) is 0.979. The largest absolute Gasteiger partial charge is 0.354 e. The Labute approximate surface area is 159 Å². The van der Waals surface area contributed by atoms with E-state index < -0.39 is 0 Å².